The van der Waals surface area contributed by atoms with Gasteiger partial charge < -0.3 is 9.84 Å². The Balaban J connectivity index is 2.11. The Kier molecular flexibility index (Phi) is 2.50. The minimum atomic E-state index is 0.208. The zero-order valence-electron chi connectivity index (χ0n) is 7.57. The van der Waals surface area contributed by atoms with Crippen LogP contribution in [0.4, 0.5) is 0 Å². The second-order valence-electron chi connectivity index (χ2n) is 3.40. The third-order valence-electron chi connectivity index (χ3n) is 2.45. The van der Waals surface area contributed by atoms with Crippen LogP contribution < -0.4 is 4.74 Å². The van der Waals surface area contributed by atoms with Gasteiger partial charge in [0.15, 0.2) is 0 Å². The summed E-state index contributed by atoms with van der Waals surface area (Å²) in [6.07, 6.45) is 3.05. The Morgan fingerprint density at radius 1 is 1.38 bits per heavy atom. The van der Waals surface area contributed by atoms with Gasteiger partial charge in [0, 0.05) is 13.0 Å². The topological polar surface area (TPSA) is 29.5 Å². The van der Waals surface area contributed by atoms with Gasteiger partial charge in [0.25, 0.3) is 0 Å². The molecule has 0 aliphatic carbocycles. The van der Waals surface area contributed by atoms with E-state index in [0.29, 0.717) is 0 Å². The van der Waals surface area contributed by atoms with Crippen molar-refractivity contribution < 1.29 is 9.84 Å². The molecule has 1 aliphatic rings. The number of aryl methyl sites for hydroxylation is 1. The molecular formula is C11H14O2. The van der Waals surface area contributed by atoms with E-state index in [1.54, 1.807) is 0 Å². The Morgan fingerprint density at radius 3 is 3.08 bits per heavy atom. The number of ether oxygens (including phenoxy) is 1. The van der Waals surface area contributed by atoms with Crippen LogP contribution in [0, 0.1) is 0 Å². The standard InChI is InChI=1S/C11H14O2/c12-8-7-10-6-5-9-3-1-2-4-11(9)13-10/h1-4,10,12H,5-8H2. The van der Waals surface area contributed by atoms with E-state index < -0.39 is 0 Å². The van der Waals surface area contributed by atoms with Crippen LogP contribution >= 0.6 is 0 Å². The van der Waals surface area contributed by atoms with Crippen molar-refractivity contribution in [3.63, 3.8) is 0 Å². The van der Waals surface area contributed by atoms with Crippen molar-refractivity contribution in [3.05, 3.63) is 29.8 Å². The Labute approximate surface area is 78.2 Å². The quantitative estimate of drug-likeness (QED) is 0.747. The number of hydrogen-bond donors (Lipinski definition) is 1. The van der Waals surface area contributed by atoms with Gasteiger partial charge in [-0.15, -0.1) is 0 Å². The lowest BCUT2D eigenvalue weighted by Gasteiger charge is -2.25. The molecular weight excluding hydrogens is 164 g/mol. The molecule has 0 saturated carbocycles. The lowest BCUT2D eigenvalue weighted by Crippen LogP contribution is -2.23. The van der Waals surface area contributed by atoms with Crippen LogP contribution in [0.1, 0.15) is 18.4 Å². The monoisotopic (exact) mass is 178 g/mol. The molecule has 2 nitrogen and oxygen atoms in total. The van der Waals surface area contributed by atoms with Gasteiger partial charge in [-0.25, -0.2) is 0 Å². The van der Waals surface area contributed by atoms with Crippen molar-refractivity contribution in [1.82, 2.24) is 0 Å². The molecule has 2 rings (SSSR count). The highest BCUT2D eigenvalue weighted by Gasteiger charge is 2.18. The number of aliphatic hydroxyl groups excluding tert-OH is 1. The van der Waals surface area contributed by atoms with Crippen molar-refractivity contribution in [3.8, 4) is 5.75 Å². The van der Waals surface area contributed by atoms with Crippen molar-refractivity contribution in [2.75, 3.05) is 6.61 Å². The minimum absolute atomic E-state index is 0.208. The van der Waals surface area contributed by atoms with E-state index in [1.807, 2.05) is 18.2 Å². The first-order valence-electron chi connectivity index (χ1n) is 4.75. The van der Waals surface area contributed by atoms with Crippen molar-refractivity contribution >= 4 is 0 Å². The van der Waals surface area contributed by atoms with Crippen molar-refractivity contribution in [1.29, 1.82) is 0 Å². The van der Waals surface area contributed by atoms with Gasteiger partial charge >= 0.3 is 0 Å². The van der Waals surface area contributed by atoms with E-state index >= 15 is 0 Å². The molecule has 0 aromatic heterocycles. The zero-order chi connectivity index (χ0) is 9.10. The number of aliphatic hydroxyl groups is 1. The number of para-hydroxylation sites is 1. The highest BCUT2D eigenvalue weighted by molar-refractivity contribution is 5.34. The van der Waals surface area contributed by atoms with Crippen molar-refractivity contribution in [2.24, 2.45) is 0 Å². The van der Waals surface area contributed by atoms with E-state index in [4.69, 9.17) is 9.84 Å². The fourth-order valence-electron chi connectivity index (χ4n) is 1.73. The molecule has 1 atom stereocenters. The first-order valence-corrected chi connectivity index (χ1v) is 4.75. The SMILES string of the molecule is OCCC1CCc2ccccc2O1. The zero-order valence-corrected chi connectivity index (χ0v) is 7.57. The molecule has 2 heteroatoms. The first-order chi connectivity index (χ1) is 6.40. The fraction of sp³-hybridized carbons (Fsp3) is 0.455. The molecule has 0 spiro atoms. The van der Waals surface area contributed by atoms with Gasteiger partial charge in [-0.05, 0) is 24.5 Å². The summed E-state index contributed by atoms with van der Waals surface area (Å²) in [6, 6.07) is 8.12. The van der Waals surface area contributed by atoms with Gasteiger partial charge in [0.05, 0.1) is 0 Å². The Morgan fingerprint density at radius 2 is 2.23 bits per heavy atom. The van der Waals surface area contributed by atoms with Gasteiger partial charge in [-0.3, -0.25) is 0 Å². The summed E-state index contributed by atoms with van der Waals surface area (Å²) in [6.45, 7) is 0.215. The van der Waals surface area contributed by atoms with Crippen LogP contribution in [0.5, 0.6) is 5.75 Å². The third-order valence-corrected chi connectivity index (χ3v) is 2.45. The third kappa shape index (κ3) is 1.83. The van der Waals surface area contributed by atoms with Crippen molar-refractivity contribution in [2.45, 2.75) is 25.4 Å². The average Bonchev–Trinajstić information content (AvgIpc) is 2.18. The van der Waals surface area contributed by atoms with Crippen LogP contribution in [-0.2, 0) is 6.42 Å². The second kappa shape index (κ2) is 3.79. The highest BCUT2D eigenvalue weighted by atomic mass is 16.5. The summed E-state index contributed by atoms with van der Waals surface area (Å²) in [5.74, 6) is 0.993. The van der Waals surface area contributed by atoms with E-state index in [1.165, 1.54) is 5.56 Å². The maximum atomic E-state index is 8.79. The van der Waals surface area contributed by atoms with Gasteiger partial charge in [-0.1, -0.05) is 18.2 Å². The summed E-state index contributed by atoms with van der Waals surface area (Å²) in [7, 11) is 0. The lowest BCUT2D eigenvalue weighted by atomic mass is 10.0. The molecule has 1 aromatic rings. The van der Waals surface area contributed by atoms with Crippen LogP contribution in [0.25, 0.3) is 0 Å². The normalized spacial score (nSPS) is 20.5. The molecule has 1 unspecified atom stereocenters. The largest absolute Gasteiger partial charge is 0.490 e. The molecule has 0 fully saturated rings. The van der Waals surface area contributed by atoms with Crippen LogP contribution in [0.3, 0.4) is 0 Å². The van der Waals surface area contributed by atoms with E-state index in [9.17, 15) is 0 Å². The van der Waals surface area contributed by atoms with E-state index in [-0.39, 0.29) is 12.7 Å². The summed E-state index contributed by atoms with van der Waals surface area (Å²) < 4.78 is 5.71. The smallest absolute Gasteiger partial charge is 0.122 e. The van der Waals surface area contributed by atoms with Crippen LogP contribution in [0.15, 0.2) is 24.3 Å². The first kappa shape index (κ1) is 8.57. The maximum absolute atomic E-state index is 8.79. The van der Waals surface area contributed by atoms with Gasteiger partial charge in [0.1, 0.15) is 11.9 Å². The van der Waals surface area contributed by atoms with E-state index in [0.717, 1.165) is 25.0 Å². The number of rotatable bonds is 2. The second-order valence-corrected chi connectivity index (χ2v) is 3.40. The Bertz CT molecular complexity index is 283. The predicted octanol–water partition coefficient (Wildman–Crippen LogP) is 1.76. The lowest BCUT2D eigenvalue weighted by molar-refractivity contribution is 0.134. The molecule has 1 aromatic carbocycles. The number of benzene rings is 1. The summed E-state index contributed by atoms with van der Waals surface area (Å²) in [4.78, 5) is 0. The highest BCUT2D eigenvalue weighted by Crippen LogP contribution is 2.27. The van der Waals surface area contributed by atoms with Gasteiger partial charge in [0.2, 0.25) is 0 Å². The molecule has 0 amide bonds. The number of hydrogen-bond acceptors (Lipinski definition) is 2. The predicted molar refractivity (Wildman–Crippen MR) is 50.9 cm³/mol. The molecule has 0 saturated heterocycles. The molecule has 1 heterocycles. The van der Waals surface area contributed by atoms with E-state index in [2.05, 4.69) is 6.07 Å². The average molecular weight is 178 g/mol. The Hall–Kier alpha value is -1.02. The van der Waals surface area contributed by atoms with Crippen LogP contribution in [0.2, 0.25) is 0 Å². The summed E-state index contributed by atoms with van der Waals surface area (Å²) in [5.41, 5.74) is 1.29. The van der Waals surface area contributed by atoms with Gasteiger partial charge in [-0.2, -0.15) is 0 Å². The fourth-order valence-corrected chi connectivity index (χ4v) is 1.73. The molecule has 0 bridgehead atoms. The maximum Gasteiger partial charge on any atom is 0.122 e. The molecule has 13 heavy (non-hydrogen) atoms. The molecule has 0 radical (unpaired) electrons. The molecule has 70 valence electrons. The minimum Gasteiger partial charge on any atom is -0.490 e. The molecule has 1 N–H and O–H groups in total. The summed E-state index contributed by atoms with van der Waals surface area (Å²) >= 11 is 0. The number of fused-ring (bicyclic) bond motifs is 1. The van der Waals surface area contributed by atoms with Crippen LogP contribution in [-0.4, -0.2) is 17.8 Å². The summed E-state index contributed by atoms with van der Waals surface area (Å²) in [5, 5.41) is 8.79. The molecule has 1 aliphatic heterocycles.